The molecule has 38 heavy (non-hydrogen) atoms. The summed E-state index contributed by atoms with van der Waals surface area (Å²) < 4.78 is 13.5. The third kappa shape index (κ3) is 3.49. The van der Waals surface area contributed by atoms with Gasteiger partial charge in [-0.05, 0) is 59.9 Å². The summed E-state index contributed by atoms with van der Waals surface area (Å²) in [6.07, 6.45) is 0.960. The Balaban J connectivity index is 1.45. The van der Waals surface area contributed by atoms with Gasteiger partial charge in [-0.1, -0.05) is 37.3 Å². The Bertz CT molecular complexity index is 1490. The summed E-state index contributed by atoms with van der Waals surface area (Å²) in [7, 11) is 0. The minimum absolute atomic E-state index is 0.0305. The summed E-state index contributed by atoms with van der Waals surface area (Å²) in [5.74, 6) is -4.08. The number of anilines is 1. The zero-order valence-electron chi connectivity index (χ0n) is 20.6. The van der Waals surface area contributed by atoms with E-state index >= 15 is 0 Å². The molecule has 0 saturated carbocycles. The van der Waals surface area contributed by atoms with Crippen molar-refractivity contribution in [1.29, 1.82) is 0 Å². The highest BCUT2D eigenvalue weighted by atomic mass is 19.1. The number of hydrogen-bond donors (Lipinski definition) is 4. The molecule has 3 heterocycles. The minimum atomic E-state index is -1.45. The van der Waals surface area contributed by atoms with Crippen molar-refractivity contribution in [1.82, 2.24) is 10.2 Å². The second kappa shape index (κ2) is 8.66. The molecule has 9 heteroatoms. The van der Waals surface area contributed by atoms with E-state index in [0.717, 1.165) is 12.0 Å². The zero-order valence-corrected chi connectivity index (χ0v) is 20.6. The van der Waals surface area contributed by atoms with Crippen molar-refractivity contribution in [3.63, 3.8) is 0 Å². The van der Waals surface area contributed by atoms with E-state index in [-0.39, 0.29) is 24.5 Å². The topological polar surface area (TPSA) is 119 Å². The van der Waals surface area contributed by atoms with Gasteiger partial charge in [0.2, 0.25) is 17.7 Å². The number of amides is 3. The molecule has 0 aromatic heterocycles. The molecular formula is C29H26FN3O5. The predicted octanol–water partition coefficient (Wildman–Crippen LogP) is 2.96. The third-order valence-electron chi connectivity index (χ3n) is 8.03. The number of phenols is 2. The van der Waals surface area contributed by atoms with E-state index in [1.165, 1.54) is 41.3 Å². The molecule has 0 unspecified atom stereocenters. The van der Waals surface area contributed by atoms with Crippen LogP contribution >= 0.6 is 0 Å². The first-order chi connectivity index (χ1) is 18.2. The molecular weight excluding hydrogens is 489 g/mol. The van der Waals surface area contributed by atoms with E-state index in [1.54, 1.807) is 6.07 Å². The molecule has 3 aromatic carbocycles. The fraction of sp³-hybridized carbons (Fsp3) is 0.276. The quantitative estimate of drug-likeness (QED) is 0.307. The first-order valence-electron chi connectivity index (χ1n) is 12.6. The van der Waals surface area contributed by atoms with Crippen molar-refractivity contribution in [2.45, 2.75) is 37.9 Å². The van der Waals surface area contributed by atoms with Gasteiger partial charge in [0.15, 0.2) is 11.5 Å². The number of rotatable bonds is 5. The lowest BCUT2D eigenvalue weighted by Gasteiger charge is -2.30. The number of nitrogens with one attached hydrogen (secondary N) is 2. The molecule has 3 aliphatic heterocycles. The molecule has 0 aliphatic carbocycles. The number of hydrogen-bond acceptors (Lipinski definition) is 6. The molecule has 2 saturated heterocycles. The Hall–Kier alpha value is -4.24. The summed E-state index contributed by atoms with van der Waals surface area (Å²) in [6.45, 7) is 1.97. The van der Waals surface area contributed by atoms with Crippen LogP contribution in [0.2, 0.25) is 0 Å². The number of aryl methyl sites for hydroxylation is 1. The lowest BCUT2D eigenvalue weighted by molar-refractivity contribution is -0.143. The number of halogens is 1. The number of nitrogens with zero attached hydrogens (tertiary/aromatic N) is 1. The molecule has 8 nitrogen and oxygen atoms in total. The maximum atomic E-state index is 14.0. The lowest BCUT2D eigenvalue weighted by atomic mass is 9.76. The van der Waals surface area contributed by atoms with Crippen LogP contribution in [-0.4, -0.2) is 38.9 Å². The summed E-state index contributed by atoms with van der Waals surface area (Å²) in [6, 6.07) is 15.0. The van der Waals surface area contributed by atoms with Crippen molar-refractivity contribution < 1.29 is 29.0 Å². The maximum absolute atomic E-state index is 14.0. The van der Waals surface area contributed by atoms with Gasteiger partial charge >= 0.3 is 0 Å². The van der Waals surface area contributed by atoms with E-state index in [1.807, 2.05) is 25.1 Å². The molecule has 3 aliphatic rings. The number of imide groups is 1. The molecule has 1 spiro atoms. The number of aromatic hydroxyl groups is 2. The Morgan fingerprint density at radius 2 is 1.61 bits per heavy atom. The van der Waals surface area contributed by atoms with Crippen LogP contribution in [0.4, 0.5) is 10.1 Å². The summed E-state index contributed by atoms with van der Waals surface area (Å²) in [4.78, 5) is 42.7. The average molecular weight is 516 g/mol. The second-order valence-corrected chi connectivity index (χ2v) is 10.2. The Kier molecular flexibility index (Phi) is 5.50. The number of fused-ring (bicyclic) bond motifs is 4. The fourth-order valence-corrected chi connectivity index (χ4v) is 6.18. The SMILES string of the molecule is CCc1ccc2c(c1)[C@@]1(N[C@H](Cc3ccc(O)c(O)c3)[C@H]3C(=O)N(Cc4ccc(F)cc4)C(=O)[C@H]31)C(=O)N2. The van der Waals surface area contributed by atoms with E-state index in [9.17, 15) is 29.0 Å². The van der Waals surface area contributed by atoms with Crippen molar-refractivity contribution in [2.24, 2.45) is 11.8 Å². The molecule has 6 rings (SSSR count). The predicted molar refractivity (Wildman–Crippen MR) is 135 cm³/mol. The van der Waals surface area contributed by atoms with E-state index in [2.05, 4.69) is 10.6 Å². The highest BCUT2D eigenvalue weighted by Gasteiger charge is 2.70. The first kappa shape index (κ1) is 24.1. The van der Waals surface area contributed by atoms with E-state index in [0.29, 0.717) is 22.4 Å². The largest absolute Gasteiger partial charge is 0.504 e. The normalized spacial score (nSPS) is 25.7. The van der Waals surface area contributed by atoms with Crippen molar-refractivity contribution >= 4 is 23.4 Å². The van der Waals surface area contributed by atoms with Crippen LogP contribution in [0.25, 0.3) is 0 Å². The van der Waals surface area contributed by atoms with Gasteiger partial charge in [-0.3, -0.25) is 24.6 Å². The standard InChI is InChI=1S/C29H26FN3O5/c1-2-15-5-9-20-19(11-15)29(28(38)31-20)25-24(21(32-29)12-17-6-10-22(34)23(35)13-17)26(36)33(27(25)37)14-16-3-7-18(30)8-4-16/h3-11,13,21,24-25,32,34-35H,2,12,14H2,1H3,(H,31,38)/t21-,24-,25+,29+/m1/s1. The van der Waals surface area contributed by atoms with Gasteiger partial charge in [-0.15, -0.1) is 0 Å². The summed E-state index contributed by atoms with van der Waals surface area (Å²) >= 11 is 0. The summed E-state index contributed by atoms with van der Waals surface area (Å²) in [5, 5.41) is 26.1. The highest BCUT2D eigenvalue weighted by Crippen LogP contribution is 2.53. The minimum Gasteiger partial charge on any atom is -0.504 e. The van der Waals surface area contributed by atoms with Crippen LogP contribution < -0.4 is 10.6 Å². The van der Waals surface area contributed by atoms with Crippen LogP contribution in [0.15, 0.2) is 60.7 Å². The van der Waals surface area contributed by atoms with Gasteiger partial charge in [0.05, 0.1) is 18.4 Å². The molecule has 4 N–H and O–H groups in total. The van der Waals surface area contributed by atoms with Crippen molar-refractivity contribution in [2.75, 3.05) is 5.32 Å². The molecule has 2 fully saturated rings. The smallest absolute Gasteiger partial charge is 0.250 e. The zero-order chi connectivity index (χ0) is 26.8. The maximum Gasteiger partial charge on any atom is 0.250 e. The molecule has 3 amide bonds. The Labute approximate surface area is 218 Å². The van der Waals surface area contributed by atoms with Crippen LogP contribution in [0.3, 0.4) is 0 Å². The second-order valence-electron chi connectivity index (χ2n) is 10.2. The highest BCUT2D eigenvalue weighted by molar-refractivity contribution is 6.15. The van der Waals surface area contributed by atoms with Crippen molar-refractivity contribution in [3.8, 4) is 11.5 Å². The van der Waals surface area contributed by atoms with Gasteiger partial charge in [0.1, 0.15) is 11.4 Å². The molecule has 4 atom stereocenters. The number of carbonyl (C=O) groups is 3. The fourth-order valence-electron chi connectivity index (χ4n) is 6.18. The summed E-state index contributed by atoms with van der Waals surface area (Å²) in [5.41, 5.74) is 2.01. The number of carbonyl (C=O) groups excluding carboxylic acids is 3. The van der Waals surface area contributed by atoms with Gasteiger partial charge in [-0.25, -0.2) is 4.39 Å². The first-order valence-corrected chi connectivity index (χ1v) is 12.6. The van der Waals surface area contributed by atoms with Gasteiger partial charge in [-0.2, -0.15) is 0 Å². The van der Waals surface area contributed by atoms with Crippen molar-refractivity contribution in [3.05, 3.63) is 88.7 Å². The Morgan fingerprint density at radius 1 is 0.895 bits per heavy atom. The monoisotopic (exact) mass is 515 g/mol. The third-order valence-corrected chi connectivity index (χ3v) is 8.03. The molecule has 0 bridgehead atoms. The van der Waals surface area contributed by atoms with Gasteiger partial charge < -0.3 is 15.5 Å². The van der Waals surface area contributed by atoms with Crippen LogP contribution in [-0.2, 0) is 39.3 Å². The van der Waals surface area contributed by atoms with Crippen LogP contribution in [0.1, 0.15) is 29.2 Å². The molecule has 0 radical (unpaired) electrons. The lowest BCUT2D eigenvalue weighted by Crippen LogP contribution is -2.53. The average Bonchev–Trinajstić information content (AvgIpc) is 3.47. The number of benzene rings is 3. The van der Waals surface area contributed by atoms with Gasteiger partial charge in [0.25, 0.3) is 0 Å². The molecule has 3 aromatic rings. The van der Waals surface area contributed by atoms with E-state index in [4.69, 9.17) is 0 Å². The van der Waals surface area contributed by atoms with Gasteiger partial charge in [0, 0.05) is 17.3 Å². The Morgan fingerprint density at radius 3 is 2.32 bits per heavy atom. The van der Waals surface area contributed by atoms with Crippen LogP contribution in [0, 0.1) is 17.7 Å². The molecule has 194 valence electrons. The van der Waals surface area contributed by atoms with Crippen LogP contribution in [0.5, 0.6) is 11.5 Å². The number of likely N-dealkylation sites (tertiary alicyclic amines) is 1. The number of phenolic OH excluding ortho intramolecular Hbond substituents is 2. The van der Waals surface area contributed by atoms with E-state index < -0.39 is 47.0 Å².